The number of amides is 1. The van der Waals surface area contributed by atoms with Gasteiger partial charge in [-0.25, -0.2) is 0 Å². The van der Waals surface area contributed by atoms with Crippen molar-refractivity contribution < 1.29 is 9.90 Å². The molecule has 1 aliphatic heterocycles. The first-order valence-corrected chi connectivity index (χ1v) is 5.98. The highest BCUT2D eigenvalue weighted by molar-refractivity contribution is 6.32. The van der Waals surface area contributed by atoms with Crippen LogP contribution in [0.3, 0.4) is 0 Å². The number of hydrogen-bond acceptors (Lipinski definition) is 3. The topological polar surface area (TPSA) is 61.4 Å². The van der Waals surface area contributed by atoms with Gasteiger partial charge >= 0.3 is 0 Å². The first-order chi connectivity index (χ1) is 8.08. The molecule has 2 atom stereocenters. The Morgan fingerprint density at radius 2 is 2.35 bits per heavy atom. The van der Waals surface area contributed by atoms with Gasteiger partial charge in [0, 0.05) is 5.69 Å². The Balaban J connectivity index is 2.05. The zero-order chi connectivity index (χ0) is 12.4. The lowest BCUT2D eigenvalue weighted by Gasteiger charge is -2.15. The summed E-state index contributed by atoms with van der Waals surface area (Å²) in [5.74, 6) is 0.288. The molecule has 0 bridgehead atoms. The highest BCUT2D eigenvalue weighted by Gasteiger charge is 2.29. The van der Waals surface area contributed by atoms with Crippen molar-refractivity contribution in [2.24, 2.45) is 5.92 Å². The van der Waals surface area contributed by atoms with Crippen LogP contribution in [0.15, 0.2) is 18.2 Å². The van der Waals surface area contributed by atoms with Crippen molar-refractivity contribution in [2.45, 2.75) is 19.4 Å². The summed E-state index contributed by atoms with van der Waals surface area (Å²) in [4.78, 5) is 11.9. The van der Waals surface area contributed by atoms with Gasteiger partial charge in [-0.1, -0.05) is 18.5 Å². The Hall–Kier alpha value is -1.26. The fraction of sp³-hybridized carbons (Fsp3) is 0.417. The molecule has 0 saturated carbocycles. The lowest BCUT2D eigenvalue weighted by Crippen LogP contribution is -2.39. The van der Waals surface area contributed by atoms with Gasteiger partial charge in [-0.3, -0.25) is 4.79 Å². The van der Waals surface area contributed by atoms with Crippen molar-refractivity contribution in [3.8, 4) is 5.75 Å². The largest absolute Gasteiger partial charge is 0.506 e. The SMILES string of the molecule is CC1CCNC1C(=O)Nc1ccc(O)c(Cl)c1. The van der Waals surface area contributed by atoms with Gasteiger partial charge in [0.25, 0.3) is 0 Å². The quantitative estimate of drug-likeness (QED) is 0.708. The van der Waals surface area contributed by atoms with E-state index in [0.29, 0.717) is 11.6 Å². The molecule has 2 rings (SSSR count). The number of phenols is 1. The number of carbonyl (C=O) groups is 1. The van der Waals surface area contributed by atoms with Crippen LogP contribution in [0.4, 0.5) is 5.69 Å². The third kappa shape index (κ3) is 2.70. The molecular weight excluding hydrogens is 240 g/mol. The molecule has 5 heteroatoms. The van der Waals surface area contributed by atoms with Crippen LogP contribution in [0.5, 0.6) is 5.75 Å². The Kier molecular flexibility index (Phi) is 3.54. The predicted molar refractivity (Wildman–Crippen MR) is 67.3 cm³/mol. The highest BCUT2D eigenvalue weighted by atomic mass is 35.5. The van der Waals surface area contributed by atoms with Gasteiger partial charge in [0.15, 0.2) is 0 Å². The molecule has 1 aromatic rings. The standard InChI is InChI=1S/C12H15ClN2O2/c1-7-4-5-14-11(7)12(17)15-8-2-3-10(16)9(13)6-8/h2-3,6-7,11,14,16H,4-5H2,1H3,(H,15,17). The summed E-state index contributed by atoms with van der Waals surface area (Å²) in [7, 11) is 0. The maximum absolute atomic E-state index is 11.9. The number of carbonyl (C=O) groups excluding carboxylic acids is 1. The van der Waals surface area contributed by atoms with E-state index >= 15 is 0 Å². The zero-order valence-electron chi connectivity index (χ0n) is 9.53. The average molecular weight is 255 g/mol. The molecule has 0 spiro atoms. The lowest BCUT2D eigenvalue weighted by molar-refractivity contribution is -0.118. The second kappa shape index (κ2) is 4.94. The number of phenolic OH excluding ortho intramolecular Hbond substituents is 1. The molecule has 0 aliphatic carbocycles. The lowest BCUT2D eigenvalue weighted by atomic mass is 10.0. The molecule has 17 heavy (non-hydrogen) atoms. The van der Waals surface area contributed by atoms with Crippen LogP contribution in [0.25, 0.3) is 0 Å². The number of rotatable bonds is 2. The number of nitrogens with one attached hydrogen (secondary N) is 2. The van der Waals surface area contributed by atoms with Crippen molar-refractivity contribution in [2.75, 3.05) is 11.9 Å². The molecule has 1 saturated heterocycles. The maximum Gasteiger partial charge on any atom is 0.241 e. The van der Waals surface area contributed by atoms with Crippen LogP contribution in [0.2, 0.25) is 5.02 Å². The number of benzene rings is 1. The minimum Gasteiger partial charge on any atom is -0.506 e. The van der Waals surface area contributed by atoms with Crippen LogP contribution in [0.1, 0.15) is 13.3 Å². The number of anilines is 1. The van der Waals surface area contributed by atoms with Crippen LogP contribution in [-0.4, -0.2) is 23.6 Å². The third-order valence-corrected chi connectivity index (χ3v) is 3.33. The fourth-order valence-electron chi connectivity index (χ4n) is 1.99. The molecule has 4 nitrogen and oxygen atoms in total. The van der Waals surface area contributed by atoms with Crippen LogP contribution < -0.4 is 10.6 Å². The van der Waals surface area contributed by atoms with Crippen LogP contribution >= 0.6 is 11.6 Å². The smallest absolute Gasteiger partial charge is 0.241 e. The first-order valence-electron chi connectivity index (χ1n) is 5.60. The summed E-state index contributed by atoms with van der Waals surface area (Å²) in [5, 5.41) is 15.4. The highest BCUT2D eigenvalue weighted by Crippen LogP contribution is 2.26. The van der Waals surface area contributed by atoms with E-state index < -0.39 is 0 Å². The van der Waals surface area contributed by atoms with Gasteiger partial charge < -0.3 is 15.7 Å². The predicted octanol–water partition coefficient (Wildman–Crippen LogP) is 1.98. The number of aromatic hydroxyl groups is 1. The van der Waals surface area contributed by atoms with Crippen molar-refractivity contribution in [3.63, 3.8) is 0 Å². The molecule has 1 fully saturated rings. The van der Waals surface area contributed by atoms with Crippen molar-refractivity contribution in [3.05, 3.63) is 23.2 Å². The van der Waals surface area contributed by atoms with Gasteiger partial charge in [-0.05, 0) is 37.1 Å². The molecule has 1 aliphatic rings. The van der Waals surface area contributed by atoms with E-state index in [1.165, 1.54) is 12.1 Å². The van der Waals surface area contributed by atoms with Crippen molar-refractivity contribution >= 4 is 23.2 Å². The van der Waals surface area contributed by atoms with Gasteiger partial charge in [0.1, 0.15) is 5.75 Å². The van der Waals surface area contributed by atoms with E-state index in [2.05, 4.69) is 10.6 Å². The normalized spacial score (nSPS) is 23.6. The molecule has 3 N–H and O–H groups in total. The van der Waals surface area contributed by atoms with E-state index in [9.17, 15) is 9.90 Å². The molecule has 2 unspecified atom stereocenters. The van der Waals surface area contributed by atoms with E-state index in [0.717, 1.165) is 13.0 Å². The van der Waals surface area contributed by atoms with E-state index in [-0.39, 0.29) is 22.7 Å². The summed E-state index contributed by atoms with van der Waals surface area (Å²) >= 11 is 5.77. The van der Waals surface area contributed by atoms with Crippen LogP contribution in [-0.2, 0) is 4.79 Å². The summed E-state index contributed by atoms with van der Waals surface area (Å²) in [5.41, 5.74) is 0.596. The maximum atomic E-state index is 11.9. The Morgan fingerprint density at radius 3 is 2.94 bits per heavy atom. The second-order valence-corrected chi connectivity index (χ2v) is 4.76. The van der Waals surface area contributed by atoms with Gasteiger partial charge in [0.05, 0.1) is 11.1 Å². The average Bonchev–Trinajstić information content (AvgIpc) is 2.70. The summed E-state index contributed by atoms with van der Waals surface area (Å²) in [6.45, 7) is 2.92. The minimum absolute atomic E-state index is 0.0111. The van der Waals surface area contributed by atoms with Crippen molar-refractivity contribution in [1.82, 2.24) is 5.32 Å². The second-order valence-electron chi connectivity index (χ2n) is 4.35. The van der Waals surface area contributed by atoms with E-state index in [1.54, 1.807) is 6.07 Å². The van der Waals surface area contributed by atoms with Gasteiger partial charge in [0.2, 0.25) is 5.91 Å². The molecule has 1 aromatic carbocycles. The molecular formula is C12H15ClN2O2. The Bertz CT molecular complexity index is 437. The van der Waals surface area contributed by atoms with Gasteiger partial charge in [-0.2, -0.15) is 0 Å². The van der Waals surface area contributed by atoms with Crippen LogP contribution in [0, 0.1) is 5.92 Å². The fourth-order valence-corrected chi connectivity index (χ4v) is 2.17. The molecule has 1 amide bonds. The number of hydrogen-bond donors (Lipinski definition) is 3. The molecule has 1 heterocycles. The zero-order valence-corrected chi connectivity index (χ0v) is 10.3. The first kappa shape index (κ1) is 12.2. The molecule has 92 valence electrons. The summed E-state index contributed by atoms with van der Waals surface area (Å²) in [6.07, 6.45) is 1.01. The summed E-state index contributed by atoms with van der Waals surface area (Å²) in [6, 6.07) is 4.47. The van der Waals surface area contributed by atoms with Crippen molar-refractivity contribution in [1.29, 1.82) is 0 Å². The monoisotopic (exact) mass is 254 g/mol. The third-order valence-electron chi connectivity index (χ3n) is 3.03. The summed E-state index contributed by atoms with van der Waals surface area (Å²) < 4.78 is 0. The van der Waals surface area contributed by atoms with E-state index in [1.807, 2.05) is 6.92 Å². The molecule has 0 aromatic heterocycles. The van der Waals surface area contributed by atoms with Gasteiger partial charge in [-0.15, -0.1) is 0 Å². The van der Waals surface area contributed by atoms with E-state index in [4.69, 9.17) is 11.6 Å². The Morgan fingerprint density at radius 1 is 1.59 bits per heavy atom. The number of halogens is 1. The minimum atomic E-state index is -0.150. The molecule has 0 radical (unpaired) electrons. The Labute approximate surface area is 105 Å².